The van der Waals surface area contributed by atoms with E-state index in [1.54, 1.807) is 13.2 Å². The molecule has 0 radical (unpaired) electrons. The Morgan fingerprint density at radius 2 is 1.91 bits per heavy atom. The average molecular weight is 603 g/mol. The molecule has 5 aromatic rings. The monoisotopic (exact) mass is 602 g/mol. The fraction of sp³-hybridized carbons (Fsp3) is 0.333. The minimum absolute atomic E-state index is 0.402. The van der Waals surface area contributed by atoms with Crippen LogP contribution in [-0.4, -0.2) is 84.3 Å². The van der Waals surface area contributed by atoms with E-state index in [2.05, 4.69) is 47.7 Å². The summed E-state index contributed by atoms with van der Waals surface area (Å²) in [6.07, 6.45) is 3.99. The Kier molecular flexibility index (Phi) is 8.54. The summed E-state index contributed by atoms with van der Waals surface area (Å²) < 4.78 is 18.0. The van der Waals surface area contributed by atoms with Crippen molar-refractivity contribution in [2.75, 3.05) is 69.4 Å². The van der Waals surface area contributed by atoms with Crippen molar-refractivity contribution in [2.24, 2.45) is 0 Å². The summed E-state index contributed by atoms with van der Waals surface area (Å²) in [5.74, 6) is 2.33. The summed E-state index contributed by atoms with van der Waals surface area (Å²) in [4.78, 5) is 30.7. The lowest BCUT2D eigenvalue weighted by Crippen LogP contribution is -2.44. The smallest absolute Gasteiger partial charge is 0.327 e. The van der Waals surface area contributed by atoms with Gasteiger partial charge in [-0.15, -0.1) is 0 Å². The molecule has 1 aliphatic heterocycles. The summed E-state index contributed by atoms with van der Waals surface area (Å²) in [5.41, 5.74) is 3.17. The number of anilines is 4. The number of carbonyl (C=O) groups excluding carboxylic acids is 1. The summed E-state index contributed by atoms with van der Waals surface area (Å²) in [7, 11) is 3.80. The zero-order valence-electron chi connectivity index (χ0n) is 24.3. The third-order valence-electron chi connectivity index (χ3n) is 7.35. The molecule has 0 spiro atoms. The molecule has 43 heavy (non-hydrogen) atoms. The highest BCUT2D eigenvalue weighted by molar-refractivity contribution is 7.22. The highest BCUT2D eigenvalue weighted by atomic mass is 32.1. The number of ether oxygens (including phenoxy) is 2. The lowest BCUT2D eigenvalue weighted by molar-refractivity contribution is 0.145. The molecular formula is C30H34N8O4S. The van der Waals surface area contributed by atoms with Crippen molar-refractivity contribution in [2.45, 2.75) is 13.3 Å². The maximum Gasteiger partial charge on any atom is 0.327 e. The quantitative estimate of drug-likeness (QED) is 0.175. The number of furan rings is 1. The lowest BCUT2D eigenvalue weighted by atomic mass is 10.2. The average Bonchev–Trinajstić information content (AvgIpc) is 3.60. The Bertz CT molecular complexity index is 1730. The van der Waals surface area contributed by atoms with Crippen LogP contribution in [0.2, 0.25) is 0 Å². The van der Waals surface area contributed by atoms with Gasteiger partial charge in [-0.3, -0.25) is 10.6 Å². The van der Waals surface area contributed by atoms with E-state index < -0.39 is 6.03 Å². The van der Waals surface area contributed by atoms with Crippen molar-refractivity contribution < 1.29 is 18.7 Å². The van der Waals surface area contributed by atoms with E-state index in [0.717, 1.165) is 71.5 Å². The number of nitrogens with zero attached hydrogens (tertiary/aromatic N) is 5. The third kappa shape index (κ3) is 6.79. The van der Waals surface area contributed by atoms with E-state index in [4.69, 9.17) is 13.9 Å². The Labute approximate surface area is 253 Å². The van der Waals surface area contributed by atoms with Crippen LogP contribution in [0.3, 0.4) is 0 Å². The SMILES string of the molecule is COc1cc2c(Nc3ccc4nc(NC(=O)Nc5occc5C)sc4c3)ncnc2cc1OCCCN1CCN(C)CC1. The van der Waals surface area contributed by atoms with Gasteiger partial charge in [-0.05, 0) is 50.7 Å². The van der Waals surface area contributed by atoms with Gasteiger partial charge in [0.2, 0.25) is 5.88 Å². The first-order valence-electron chi connectivity index (χ1n) is 14.1. The number of benzene rings is 2. The number of thiazole rings is 1. The van der Waals surface area contributed by atoms with Gasteiger partial charge in [-0.25, -0.2) is 19.7 Å². The Hall–Kier alpha value is -4.46. The molecule has 0 atom stereocenters. The summed E-state index contributed by atoms with van der Waals surface area (Å²) in [5, 5.41) is 10.1. The van der Waals surface area contributed by atoms with Crippen LogP contribution in [0.5, 0.6) is 11.5 Å². The van der Waals surface area contributed by atoms with Crippen LogP contribution in [-0.2, 0) is 0 Å². The molecule has 2 aromatic carbocycles. The minimum atomic E-state index is -0.421. The summed E-state index contributed by atoms with van der Waals surface area (Å²) in [6, 6.07) is 10.9. The van der Waals surface area contributed by atoms with E-state index in [9.17, 15) is 4.79 Å². The number of piperazine rings is 1. The van der Waals surface area contributed by atoms with E-state index in [-0.39, 0.29) is 0 Å². The van der Waals surface area contributed by atoms with Gasteiger partial charge in [-0.1, -0.05) is 11.3 Å². The molecule has 3 N–H and O–H groups in total. The number of hydrogen-bond donors (Lipinski definition) is 3. The Morgan fingerprint density at radius 1 is 1.05 bits per heavy atom. The van der Waals surface area contributed by atoms with Gasteiger partial charge >= 0.3 is 6.03 Å². The first-order valence-corrected chi connectivity index (χ1v) is 14.9. The molecular weight excluding hydrogens is 568 g/mol. The molecule has 224 valence electrons. The second-order valence-electron chi connectivity index (χ2n) is 10.4. The zero-order valence-corrected chi connectivity index (χ0v) is 25.2. The summed E-state index contributed by atoms with van der Waals surface area (Å²) >= 11 is 1.37. The molecule has 4 heterocycles. The standard InChI is InChI=1S/C30H34N8O4S/c1-19-7-14-42-28(19)35-29(39)36-30-34-22-6-5-20(15-26(22)43-30)33-27-21-16-24(40-3)25(17-23(21)31-18-32-27)41-13-4-8-38-11-9-37(2)10-12-38/h5-7,14-18H,4,8-13H2,1-3H3,(H,31,32,33)(H2,34,35,36,39). The van der Waals surface area contributed by atoms with Crippen molar-refractivity contribution in [1.82, 2.24) is 24.8 Å². The highest BCUT2D eigenvalue weighted by Crippen LogP contribution is 2.36. The number of methoxy groups -OCH3 is 1. The molecule has 0 unspecified atom stereocenters. The number of fused-ring (bicyclic) bond motifs is 2. The van der Waals surface area contributed by atoms with Crippen molar-refractivity contribution >= 4 is 61.0 Å². The maximum atomic E-state index is 12.4. The highest BCUT2D eigenvalue weighted by Gasteiger charge is 2.16. The predicted molar refractivity (Wildman–Crippen MR) is 169 cm³/mol. The van der Waals surface area contributed by atoms with Crippen molar-refractivity contribution in [3.05, 3.63) is 54.6 Å². The first-order chi connectivity index (χ1) is 20.9. The van der Waals surface area contributed by atoms with Crippen LogP contribution < -0.4 is 25.4 Å². The minimum Gasteiger partial charge on any atom is -0.493 e. The van der Waals surface area contributed by atoms with Gasteiger partial charge < -0.3 is 29.0 Å². The number of hydrogen-bond acceptors (Lipinski definition) is 11. The molecule has 6 rings (SSSR count). The van der Waals surface area contributed by atoms with Gasteiger partial charge in [0, 0.05) is 55.4 Å². The van der Waals surface area contributed by atoms with Crippen molar-refractivity contribution in [3.63, 3.8) is 0 Å². The van der Waals surface area contributed by atoms with Crippen molar-refractivity contribution in [1.29, 1.82) is 0 Å². The van der Waals surface area contributed by atoms with Crippen LogP contribution in [0.25, 0.3) is 21.1 Å². The molecule has 0 saturated carbocycles. The number of aromatic nitrogens is 3. The van der Waals surface area contributed by atoms with Crippen LogP contribution in [0.15, 0.2) is 53.4 Å². The van der Waals surface area contributed by atoms with E-state index in [1.165, 1.54) is 23.9 Å². The topological polar surface area (TPSA) is 130 Å². The molecule has 0 aliphatic carbocycles. The molecule has 1 saturated heterocycles. The Balaban J connectivity index is 1.12. The third-order valence-corrected chi connectivity index (χ3v) is 8.29. The largest absolute Gasteiger partial charge is 0.493 e. The number of nitrogens with one attached hydrogen (secondary N) is 3. The molecule has 1 fully saturated rings. The molecule has 2 amide bonds. The van der Waals surface area contributed by atoms with Crippen LogP contribution in [0, 0.1) is 6.92 Å². The van der Waals surface area contributed by atoms with E-state index in [1.807, 2.05) is 37.3 Å². The first kappa shape index (κ1) is 28.6. The van der Waals surface area contributed by atoms with Crippen LogP contribution >= 0.6 is 11.3 Å². The van der Waals surface area contributed by atoms with E-state index >= 15 is 0 Å². The number of amides is 2. The number of urea groups is 1. The second kappa shape index (κ2) is 12.8. The number of aryl methyl sites for hydroxylation is 1. The summed E-state index contributed by atoms with van der Waals surface area (Å²) in [6.45, 7) is 7.88. The molecule has 0 bridgehead atoms. The lowest BCUT2D eigenvalue weighted by Gasteiger charge is -2.32. The molecule has 13 heteroatoms. The van der Waals surface area contributed by atoms with Crippen molar-refractivity contribution in [3.8, 4) is 11.5 Å². The number of rotatable bonds is 10. The normalized spacial score (nSPS) is 14.2. The second-order valence-corrected chi connectivity index (χ2v) is 11.5. The zero-order chi connectivity index (χ0) is 29.8. The fourth-order valence-electron chi connectivity index (χ4n) is 4.90. The predicted octanol–water partition coefficient (Wildman–Crippen LogP) is 5.55. The van der Waals surface area contributed by atoms with Gasteiger partial charge in [0.05, 0.1) is 35.7 Å². The number of carbonyl (C=O) groups is 1. The molecule has 12 nitrogen and oxygen atoms in total. The van der Waals surface area contributed by atoms with Gasteiger partial charge in [0.15, 0.2) is 16.6 Å². The van der Waals surface area contributed by atoms with E-state index in [0.29, 0.717) is 34.9 Å². The maximum absolute atomic E-state index is 12.4. The number of likely N-dealkylation sites (N-methyl/N-ethyl adjacent to an activating group) is 1. The van der Waals surface area contributed by atoms with Gasteiger partial charge in [-0.2, -0.15) is 0 Å². The Morgan fingerprint density at radius 3 is 2.70 bits per heavy atom. The van der Waals surface area contributed by atoms with Crippen LogP contribution in [0.4, 0.5) is 27.3 Å². The van der Waals surface area contributed by atoms with Gasteiger partial charge in [0.25, 0.3) is 0 Å². The van der Waals surface area contributed by atoms with Crippen LogP contribution in [0.1, 0.15) is 12.0 Å². The molecule has 3 aromatic heterocycles. The molecule has 1 aliphatic rings. The van der Waals surface area contributed by atoms with Gasteiger partial charge in [0.1, 0.15) is 12.1 Å². The fourth-order valence-corrected chi connectivity index (χ4v) is 5.80.